The van der Waals surface area contributed by atoms with E-state index < -0.39 is 71.0 Å². The van der Waals surface area contributed by atoms with Crippen LogP contribution in [-0.4, -0.2) is 31.9 Å². The molecule has 6 nitrogen and oxygen atoms in total. The Kier molecular flexibility index (Phi) is 7.05. The Balaban J connectivity index is 1.36. The Hall–Kier alpha value is -3.16. The number of carbonyl (C=O) groups excluding carboxylic acids is 1. The fourth-order valence-corrected chi connectivity index (χ4v) is 7.31. The maximum atomic E-state index is 15.1. The summed E-state index contributed by atoms with van der Waals surface area (Å²) in [7, 11) is 0. The molecule has 42 heavy (non-hydrogen) atoms. The van der Waals surface area contributed by atoms with Crippen LogP contribution >= 0.6 is 39.0 Å². The van der Waals surface area contributed by atoms with Crippen molar-refractivity contribution in [1.82, 2.24) is 25.1 Å². The summed E-state index contributed by atoms with van der Waals surface area (Å²) in [5.41, 5.74) is -2.58. The van der Waals surface area contributed by atoms with E-state index in [4.69, 9.17) is 0 Å². The lowest BCUT2D eigenvalue weighted by atomic mass is 9.84. The number of halogens is 8. The van der Waals surface area contributed by atoms with Crippen LogP contribution < -0.4 is 5.32 Å². The number of fused-ring (bicyclic) bond motifs is 4. The van der Waals surface area contributed by atoms with Crippen LogP contribution in [0.1, 0.15) is 40.2 Å². The van der Waals surface area contributed by atoms with Gasteiger partial charge in [-0.1, -0.05) is 23.6 Å². The van der Waals surface area contributed by atoms with E-state index >= 15 is 8.78 Å². The summed E-state index contributed by atoms with van der Waals surface area (Å²) in [6.45, 7) is -0.991. The van der Waals surface area contributed by atoms with Crippen molar-refractivity contribution in [2.45, 2.75) is 41.4 Å². The number of thiazole rings is 1. The largest absolute Gasteiger partial charge is 0.435 e. The summed E-state index contributed by atoms with van der Waals surface area (Å²) in [6.07, 6.45) is -3.42. The van der Waals surface area contributed by atoms with Crippen molar-refractivity contribution in [3.8, 4) is 11.8 Å². The number of pyridine rings is 1. The number of amides is 1. The lowest BCUT2D eigenvalue weighted by Gasteiger charge is -2.24. The minimum Gasteiger partial charge on any atom is -0.346 e. The zero-order chi connectivity index (χ0) is 30.1. The second kappa shape index (κ2) is 10.2. The second-order valence-corrected chi connectivity index (χ2v) is 12.5. The first-order valence-corrected chi connectivity index (χ1v) is 14.9. The topological polar surface area (TPSA) is 72.7 Å². The molecular weight excluding hydrogens is 675 g/mol. The second-order valence-electron chi connectivity index (χ2n) is 9.60. The van der Waals surface area contributed by atoms with E-state index in [0.29, 0.717) is 29.9 Å². The van der Waals surface area contributed by atoms with Gasteiger partial charge in [0, 0.05) is 16.1 Å². The molecule has 6 rings (SSSR count). The third-order valence-electron chi connectivity index (χ3n) is 6.84. The zero-order valence-corrected chi connectivity index (χ0v) is 24.2. The average Bonchev–Trinajstić information content (AvgIpc) is 3.46. The van der Waals surface area contributed by atoms with E-state index in [-0.39, 0.29) is 17.7 Å². The zero-order valence-electron chi connectivity index (χ0n) is 21.0. The van der Waals surface area contributed by atoms with Crippen LogP contribution in [0.25, 0.3) is 10.3 Å². The minimum atomic E-state index is -5.05. The van der Waals surface area contributed by atoms with Crippen LogP contribution in [0, 0.1) is 29.4 Å². The van der Waals surface area contributed by atoms with Crippen molar-refractivity contribution >= 4 is 55.3 Å². The molecule has 3 heterocycles. The van der Waals surface area contributed by atoms with Gasteiger partial charge in [0.25, 0.3) is 0 Å². The molecule has 0 fully saturated rings. The van der Waals surface area contributed by atoms with Crippen LogP contribution in [0.15, 0.2) is 33.1 Å². The highest BCUT2D eigenvalue weighted by Crippen LogP contribution is 2.58. The fourth-order valence-electron chi connectivity index (χ4n) is 5.10. The number of nitrogens with one attached hydrogen (secondary N) is 1. The molecule has 1 aromatic carbocycles. The molecule has 0 saturated heterocycles. The van der Waals surface area contributed by atoms with Gasteiger partial charge in [-0.2, -0.15) is 27.1 Å². The molecule has 0 aliphatic heterocycles. The van der Waals surface area contributed by atoms with E-state index in [2.05, 4.69) is 48.2 Å². The highest BCUT2D eigenvalue weighted by Gasteiger charge is 2.62. The molecule has 2 aliphatic carbocycles. The van der Waals surface area contributed by atoms with Crippen molar-refractivity contribution in [2.75, 3.05) is 6.26 Å². The minimum absolute atomic E-state index is 0.134. The number of benzene rings is 1. The van der Waals surface area contributed by atoms with Crippen LogP contribution in [0.4, 0.5) is 30.7 Å². The Bertz CT molecular complexity index is 1810. The quantitative estimate of drug-likeness (QED) is 0.135. The van der Waals surface area contributed by atoms with Crippen LogP contribution in [0.5, 0.6) is 0 Å². The predicted molar refractivity (Wildman–Crippen MR) is 143 cm³/mol. The number of hydrogen-bond donors (Lipinski definition) is 1. The fraction of sp³-hybridized carbons (Fsp3) is 0.308. The first-order valence-electron chi connectivity index (χ1n) is 12.1. The summed E-state index contributed by atoms with van der Waals surface area (Å²) < 4.78 is 102. The van der Waals surface area contributed by atoms with Crippen LogP contribution in [0.3, 0.4) is 0 Å². The lowest BCUT2D eigenvalue weighted by molar-refractivity contribution is -0.142. The van der Waals surface area contributed by atoms with Crippen molar-refractivity contribution in [3.63, 3.8) is 0 Å². The van der Waals surface area contributed by atoms with Crippen LogP contribution in [0.2, 0.25) is 0 Å². The van der Waals surface area contributed by atoms with Gasteiger partial charge in [0.05, 0.1) is 22.4 Å². The van der Waals surface area contributed by atoms with Gasteiger partial charge >= 0.3 is 12.1 Å². The molecule has 0 bridgehead atoms. The van der Waals surface area contributed by atoms with Gasteiger partial charge in [-0.05, 0) is 52.4 Å². The van der Waals surface area contributed by atoms with E-state index in [1.54, 1.807) is 6.07 Å². The number of hydrogen-bond acceptors (Lipinski definition) is 6. The smallest absolute Gasteiger partial charge is 0.346 e. The number of nitrogens with zero attached hydrogens (tertiary/aromatic N) is 4. The monoisotopic (exact) mass is 689 g/mol. The predicted octanol–water partition coefficient (Wildman–Crippen LogP) is 6.59. The van der Waals surface area contributed by atoms with Crippen molar-refractivity contribution < 1.29 is 35.5 Å². The van der Waals surface area contributed by atoms with Gasteiger partial charge in [-0.15, -0.1) is 11.3 Å². The molecule has 0 spiro atoms. The molecule has 1 N–H and O–H groups in total. The number of alkyl halides is 5. The van der Waals surface area contributed by atoms with Gasteiger partial charge < -0.3 is 5.32 Å². The Morgan fingerprint density at radius 3 is 2.52 bits per heavy atom. The third kappa shape index (κ3) is 4.94. The summed E-state index contributed by atoms with van der Waals surface area (Å²) >= 11 is 6.16. The van der Waals surface area contributed by atoms with Gasteiger partial charge in [0.2, 0.25) is 5.91 Å². The molecule has 218 valence electrons. The highest BCUT2D eigenvalue weighted by atomic mass is 79.9. The maximum absolute atomic E-state index is 15.1. The Morgan fingerprint density at radius 1 is 1.19 bits per heavy atom. The molecule has 3 atom stereocenters. The summed E-state index contributed by atoms with van der Waals surface area (Å²) in [5, 5.41) is 5.94. The molecule has 1 amide bonds. The van der Waals surface area contributed by atoms with E-state index in [9.17, 15) is 26.7 Å². The third-order valence-corrected chi connectivity index (χ3v) is 9.45. The summed E-state index contributed by atoms with van der Waals surface area (Å²) in [5.74, 6) is -4.88. The number of aromatic nitrogens is 4. The Labute approximate surface area is 249 Å². The summed E-state index contributed by atoms with van der Waals surface area (Å²) in [6, 6.07) is 3.38. The molecule has 16 heteroatoms. The molecular formula is C26H15BrF7N5OS2. The van der Waals surface area contributed by atoms with Crippen molar-refractivity contribution in [1.29, 1.82) is 0 Å². The van der Waals surface area contributed by atoms with Crippen molar-refractivity contribution in [3.05, 3.63) is 68.6 Å². The lowest BCUT2D eigenvalue weighted by Crippen LogP contribution is -2.35. The van der Waals surface area contributed by atoms with E-state index in [1.165, 1.54) is 23.1 Å². The van der Waals surface area contributed by atoms with Crippen LogP contribution in [-0.2, 0) is 29.9 Å². The first kappa shape index (κ1) is 28.9. The van der Waals surface area contributed by atoms with Gasteiger partial charge in [-0.25, -0.2) is 18.7 Å². The van der Waals surface area contributed by atoms with Gasteiger partial charge in [0.1, 0.15) is 29.8 Å². The van der Waals surface area contributed by atoms with E-state index in [0.717, 1.165) is 12.1 Å². The molecule has 3 aromatic heterocycles. The maximum Gasteiger partial charge on any atom is 0.435 e. The molecule has 0 saturated carbocycles. The Morgan fingerprint density at radius 2 is 1.90 bits per heavy atom. The van der Waals surface area contributed by atoms with E-state index in [1.807, 2.05) is 6.26 Å². The standard InChI is InChI=1S/C26H15BrF7N5OS2/c1-41-24-37-23-17(42-24)8-15(27)20(36-23)16(6-10-4-11(28)7-12(29)5-10)35-18(40)9-39-22-19(21(38-39)26(32,33)34)13-2-3-14(13)25(22,30)31/h4-5,7-8,13-14,16H,6,9H2,1H3,(H,35,40)/t13-,14+,16?/m0/s1. The van der Waals surface area contributed by atoms with Gasteiger partial charge in [-0.3, -0.25) is 9.48 Å². The average molecular weight is 690 g/mol. The first-order chi connectivity index (χ1) is 19.8. The van der Waals surface area contributed by atoms with Gasteiger partial charge in [0.15, 0.2) is 15.7 Å². The highest BCUT2D eigenvalue weighted by molar-refractivity contribution is 9.10. The van der Waals surface area contributed by atoms with Crippen molar-refractivity contribution in [2.24, 2.45) is 5.92 Å². The molecule has 4 aromatic rings. The summed E-state index contributed by atoms with van der Waals surface area (Å²) in [4.78, 5) is 22.2. The SMILES string of the molecule is CSc1nc2nc(C(Cc3cc(F)cc(F)c3)NC(=O)Cn3nc(C(F)(F)F)c4c3C(F)(F)[C@@H]3C#C[C@H]43)c(Br)cc2s1. The molecule has 2 aliphatic rings. The molecule has 0 radical (unpaired) electrons. The molecule has 1 unspecified atom stereocenters. The number of carbonyl (C=O) groups is 1. The number of thioether (sulfide) groups is 1. The number of rotatable bonds is 7. The normalized spacial score (nSPS) is 19.1.